The van der Waals surface area contributed by atoms with E-state index in [2.05, 4.69) is 40.8 Å². The van der Waals surface area contributed by atoms with Crippen LogP contribution in [0.25, 0.3) is 0 Å². The van der Waals surface area contributed by atoms with Gasteiger partial charge in [0.1, 0.15) is 0 Å². The second kappa shape index (κ2) is 6.95. The van der Waals surface area contributed by atoms with Crippen molar-refractivity contribution in [3.05, 3.63) is 59.9 Å². The number of hydrogen-bond donors (Lipinski definition) is 1. The van der Waals surface area contributed by atoms with Crippen molar-refractivity contribution < 1.29 is 4.79 Å². The van der Waals surface area contributed by atoms with E-state index in [1.54, 1.807) is 36.3 Å². The number of rotatable bonds is 5. The maximum Gasteiger partial charge on any atom is 0.252 e. The van der Waals surface area contributed by atoms with Gasteiger partial charge in [0, 0.05) is 23.8 Å². The minimum absolute atomic E-state index is 0.0752. The largest absolute Gasteiger partial charge is 0.352 e. The van der Waals surface area contributed by atoms with Crippen LogP contribution in [-0.2, 0) is 6.42 Å². The third-order valence-electron chi connectivity index (χ3n) is 2.78. The first-order chi connectivity index (χ1) is 9.29. The first-order valence-electron chi connectivity index (χ1n) is 6.11. The molecule has 0 aliphatic rings. The molecule has 0 unspecified atom stereocenters. The van der Waals surface area contributed by atoms with Gasteiger partial charge in [0.2, 0.25) is 0 Å². The first kappa shape index (κ1) is 13.6. The Labute approximate surface area is 117 Å². The van der Waals surface area contributed by atoms with Crippen molar-refractivity contribution in [3.63, 3.8) is 0 Å². The zero-order valence-corrected chi connectivity index (χ0v) is 11.6. The number of hydrogen-bond acceptors (Lipinski definition) is 3. The van der Waals surface area contributed by atoms with Crippen molar-refractivity contribution in [3.8, 4) is 0 Å². The molecule has 0 radical (unpaired) electrons. The summed E-state index contributed by atoms with van der Waals surface area (Å²) in [5.74, 6) is -0.0752. The molecule has 0 saturated heterocycles. The Morgan fingerprint density at radius 2 is 2.05 bits per heavy atom. The quantitative estimate of drug-likeness (QED) is 0.851. The maximum absolute atomic E-state index is 11.8. The average Bonchev–Trinajstić information content (AvgIpc) is 2.49. The van der Waals surface area contributed by atoms with Gasteiger partial charge in [-0.15, -0.1) is 11.8 Å². The van der Waals surface area contributed by atoms with Gasteiger partial charge in [-0.3, -0.25) is 9.78 Å². The van der Waals surface area contributed by atoms with Gasteiger partial charge in [0.05, 0.1) is 5.56 Å². The smallest absolute Gasteiger partial charge is 0.252 e. The number of thioether (sulfide) groups is 1. The number of nitrogens with one attached hydrogen (secondary N) is 1. The summed E-state index contributed by atoms with van der Waals surface area (Å²) in [6.45, 7) is 0.631. The second-order valence-corrected chi connectivity index (χ2v) is 4.98. The van der Waals surface area contributed by atoms with Crippen LogP contribution in [0.2, 0.25) is 0 Å². The minimum atomic E-state index is -0.0752. The van der Waals surface area contributed by atoms with Crippen molar-refractivity contribution in [2.75, 3.05) is 12.8 Å². The van der Waals surface area contributed by atoms with Crippen molar-refractivity contribution >= 4 is 17.7 Å². The average molecular weight is 272 g/mol. The highest BCUT2D eigenvalue weighted by Crippen LogP contribution is 2.14. The van der Waals surface area contributed by atoms with Crippen LogP contribution in [0.15, 0.2) is 53.7 Å². The number of carbonyl (C=O) groups is 1. The van der Waals surface area contributed by atoms with E-state index in [-0.39, 0.29) is 5.91 Å². The Hall–Kier alpha value is -1.81. The van der Waals surface area contributed by atoms with E-state index in [9.17, 15) is 4.79 Å². The van der Waals surface area contributed by atoms with E-state index in [4.69, 9.17) is 0 Å². The van der Waals surface area contributed by atoms with E-state index in [0.717, 1.165) is 6.42 Å². The van der Waals surface area contributed by atoms with Gasteiger partial charge >= 0.3 is 0 Å². The topological polar surface area (TPSA) is 42.0 Å². The lowest BCUT2D eigenvalue weighted by Gasteiger charge is -2.05. The zero-order valence-electron chi connectivity index (χ0n) is 10.8. The highest BCUT2D eigenvalue weighted by Gasteiger charge is 2.03. The molecule has 98 valence electrons. The van der Waals surface area contributed by atoms with E-state index in [0.29, 0.717) is 12.1 Å². The molecule has 1 heterocycles. The number of nitrogens with zero attached hydrogens (tertiary/aromatic N) is 1. The fourth-order valence-corrected chi connectivity index (χ4v) is 2.12. The summed E-state index contributed by atoms with van der Waals surface area (Å²) in [7, 11) is 0. The number of amides is 1. The van der Waals surface area contributed by atoms with Crippen LogP contribution in [0.1, 0.15) is 15.9 Å². The number of benzene rings is 1. The molecule has 1 aromatic carbocycles. The van der Waals surface area contributed by atoms with Crippen molar-refractivity contribution in [2.24, 2.45) is 0 Å². The van der Waals surface area contributed by atoms with Gasteiger partial charge < -0.3 is 5.32 Å². The van der Waals surface area contributed by atoms with Gasteiger partial charge in [-0.1, -0.05) is 12.1 Å². The number of pyridine rings is 1. The summed E-state index contributed by atoms with van der Waals surface area (Å²) in [5, 5.41) is 2.89. The monoisotopic (exact) mass is 272 g/mol. The van der Waals surface area contributed by atoms with Crippen molar-refractivity contribution in [1.29, 1.82) is 0 Å². The van der Waals surface area contributed by atoms with Crippen molar-refractivity contribution in [1.82, 2.24) is 10.3 Å². The molecule has 0 fully saturated rings. The molecule has 4 heteroatoms. The highest BCUT2D eigenvalue weighted by atomic mass is 32.2. The molecule has 2 aromatic rings. The highest BCUT2D eigenvalue weighted by molar-refractivity contribution is 7.98. The van der Waals surface area contributed by atoms with E-state index >= 15 is 0 Å². The molecular formula is C15H16N2OS. The summed E-state index contributed by atoms with van der Waals surface area (Å²) < 4.78 is 0. The molecule has 0 aliphatic carbocycles. The molecule has 1 aromatic heterocycles. The summed E-state index contributed by atoms with van der Waals surface area (Å²) in [6, 6.07) is 11.9. The molecular weight excluding hydrogens is 256 g/mol. The predicted octanol–water partition coefficient (Wildman–Crippen LogP) is 2.78. The molecule has 0 bridgehead atoms. The Morgan fingerprint density at radius 1 is 1.26 bits per heavy atom. The molecule has 0 spiro atoms. The number of aromatic nitrogens is 1. The Kier molecular flexibility index (Phi) is 4.98. The van der Waals surface area contributed by atoms with Crippen LogP contribution in [0.4, 0.5) is 0 Å². The van der Waals surface area contributed by atoms with Gasteiger partial charge in [-0.05, 0) is 42.5 Å². The Balaban J connectivity index is 1.81. The third kappa shape index (κ3) is 4.10. The molecule has 1 N–H and O–H groups in total. The molecule has 1 amide bonds. The van der Waals surface area contributed by atoms with E-state index < -0.39 is 0 Å². The van der Waals surface area contributed by atoms with Crippen molar-refractivity contribution in [2.45, 2.75) is 11.3 Å². The maximum atomic E-state index is 11.8. The van der Waals surface area contributed by atoms with Crippen LogP contribution in [0, 0.1) is 0 Å². The lowest BCUT2D eigenvalue weighted by atomic mass is 10.1. The molecule has 0 aliphatic heterocycles. The van der Waals surface area contributed by atoms with Crippen LogP contribution in [0.5, 0.6) is 0 Å². The van der Waals surface area contributed by atoms with Gasteiger partial charge in [-0.25, -0.2) is 0 Å². The fraction of sp³-hybridized carbons (Fsp3) is 0.200. The van der Waals surface area contributed by atoms with Gasteiger partial charge in [0.15, 0.2) is 0 Å². The summed E-state index contributed by atoms with van der Waals surface area (Å²) >= 11 is 1.73. The van der Waals surface area contributed by atoms with E-state index in [1.165, 1.54) is 10.5 Å². The molecule has 2 rings (SSSR count). The summed E-state index contributed by atoms with van der Waals surface area (Å²) in [4.78, 5) is 17.0. The van der Waals surface area contributed by atoms with Gasteiger partial charge in [0.25, 0.3) is 5.91 Å². The van der Waals surface area contributed by atoms with Crippen LogP contribution >= 0.6 is 11.8 Å². The Bertz CT molecular complexity index is 526. The van der Waals surface area contributed by atoms with E-state index in [1.807, 2.05) is 0 Å². The lowest BCUT2D eigenvalue weighted by Crippen LogP contribution is -2.25. The number of carbonyl (C=O) groups excluding carboxylic acids is 1. The first-order valence-corrected chi connectivity index (χ1v) is 7.33. The minimum Gasteiger partial charge on any atom is -0.352 e. The molecule has 0 saturated carbocycles. The standard InChI is InChI=1S/C15H16N2OS/c1-19-14-6-4-12(5-7-14)8-10-17-15(18)13-3-2-9-16-11-13/h2-7,9,11H,8,10H2,1H3,(H,17,18). The molecule has 0 atom stereocenters. The van der Waals surface area contributed by atoms with Crippen LogP contribution in [0.3, 0.4) is 0 Å². The zero-order chi connectivity index (χ0) is 13.5. The van der Waals surface area contributed by atoms with Gasteiger partial charge in [-0.2, -0.15) is 0 Å². The Morgan fingerprint density at radius 3 is 2.68 bits per heavy atom. The normalized spacial score (nSPS) is 10.2. The predicted molar refractivity (Wildman–Crippen MR) is 78.5 cm³/mol. The summed E-state index contributed by atoms with van der Waals surface area (Å²) in [6.07, 6.45) is 6.12. The lowest BCUT2D eigenvalue weighted by molar-refractivity contribution is 0.0954. The van der Waals surface area contributed by atoms with Crippen LogP contribution < -0.4 is 5.32 Å². The SMILES string of the molecule is CSc1ccc(CCNC(=O)c2cccnc2)cc1. The third-order valence-corrected chi connectivity index (χ3v) is 3.53. The summed E-state index contributed by atoms with van der Waals surface area (Å²) in [5.41, 5.74) is 1.82. The molecule has 19 heavy (non-hydrogen) atoms. The fourth-order valence-electron chi connectivity index (χ4n) is 1.71. The second-order valence-electron chi connectivity index (χ2n) is 4.10. The van der Waals surface area contributed by atoms with Crippen LogP contribution in [-0.4, -0.2) is 23.7 Å². The molecule has 3 nitrogen and oxygen atoms in total.